The number of methoxy groups -OCH3 is 2. The number of ether oxygens (including phenoxy) is 2. The molecule has 5 heteroatoms. The molecule has 42 heavy (non-hydrogen) atoms. The molecular weight excluding hydrogens is 557 g/mol. The van der Waals surface area contributed by atoms with Gasteiger partial charge in [0.2, 0.25) is 0 Å². The Balaban J connectivity index is 1.46. The number of carbonyl (C=O) groups excluding carboxylic acids is 1. The summed E-state index contributed by atoms with van der Waals surface area (Å²) >= 11 is 3.53. The smallest absolute Gasteiger partial charge is 0.194 e. The Hall–Kier alpha value is -4.71. The maximum atomic E-state index is 13.6. The molecule has 1 aliphatic rings. The van der Waals surface area contributed by atoms with Gasteiger partial charge in [0.1, 0.15) is 11.5 Å². The van der Waals surface area contributed by atoms with E-state index in [0.29, 0.717) is 0 Å². The summed E-state index contributed by atoms with van der Waals surface area (Å²) in [5, 5.41) is 0. The zero-order chi connectivity index (χ0) is 28.6. The lowest BCUT2D eigenvalue weighted by Gasteiger charge is -2.24. The van der Waals surface area contributed by atoms with Crippen LogP contribution in [0.1, 0.15) is 36.8 Å². The molecule has 0 N–H and O–H groups in total. The van der Waals surface area contributed by atoms with Crippen molar-refractivity contribution in [3.8, 4) is 32.4 Å². The number of hydrogen-bond donors (Lipinski definition) is 0. The fourth-order valence-corrected chi connectivity index (χ4v) is 7.71. The van der Waals surface area contributed by atoms with Gasteiger partial charge >= 0.3 is 0 Å². The number of carbonyl (C=O) groups is 1. The van der Waals surface area contributed by atoms with E-state index < -0.39 is 0 Å². The fourth-order valence-electron chi connectivity index (χ4n) is 5.49. The van der Waals surface area contributed by atoms with Crippen molar-refractivity contribution in [3.05, 3.63) is 153 Å². The van der Waals surface area contributed by atoms with Crippen LogP contribution in [0.25, 0.3) is 32.0 Å². The number of thiophene rings is 2. The molecule has 0 radical (unpaired) electrons. The van der Waals surface area contributed by atoms with Gasteiger partial charge in [0.15, 0.2) is 5.78 Å². The number of rotatable bonds is 6. The van der Waals surface area contributed by atoms with E-state index >= 15 is 0 Å². The predicted molar refractivity (Wildman–Crippen MR) is 174 cm³/mol. The summed E-state index contributed by atoms with van der Waals surface area (Å²) in [7, 11) is 3.37. The standard InChI is InChI=1S/C37H26O3S2/c1-39-25-15-11-23(12-16-25)31-19-21-33(41-31)36(34-22-20-32(42-34)24-13-17-26(40-2)18-14-24)35-27-7-3-5-9-29(27)37(38)30-10-6-4-8-28(30)35/h3-22H,1-2H3. The van der Waals surface area contributed by atoms with E-state index in [-0.39, 0.29) is 5.78 Å². The van der Waals surface area contributed by atoms with Crippen molar-refractivity contribution < 1.29 is 14.3 Å². The third kappa shape index (κ3) is 4.57. The maximum absolute atomic E-state index is 13.6. The highest BCUT2D eigenvalue weighted by Gasteiger charge is 2.30. The molecule has 2 heterocycles. The first-order valence-corrected chi connectivity index (χ1v) is 15.2. The molecule has 204 valence electrons. The second kappa shape index (κ2) is 10.9. The van der Waals surface area contributed by atoms with Gasteiger partial charge in [-0.15, -0.1) is 22.7 Å². The Kier molecular flexibility index (Phi) is 6.82. The minimum Gasteiger partial charge on any atom is -0.497 e. The predicted octanol–water partition coefficient (Wildman–Crippen LogP) is 9.71. The Bertz CT molecular complexity index is 1820. The van der Waals surface area contributed by atoms with Crippen molar-refractivity contribution in [2.75, 3.05) is 14.2 Å². The number of ketones is 1. The molecule has 3 nitrogen and oxygen atoms in total. The van der Waals surface area contributed by atoms with Crippen molar-refractivity contribution in [1.82, 2.24) is 0 Å². The highest BCUT2D eigenvalue weighted by Crippen LogP contribution is 2.47. The third-order valence-corrected chi connectivity index (χ3v) is 9.89. The normalized spacial score (nSPS) is 12.0. The van der Waals surface area contributed by atoms with Crippen LogP contribution in [-0.4, -0.2) is 20.0 Å². The summed E-state index contributed by atoms with van der Waals surface area (Å²) in [6.45, 7) is 0. The molecular formula is C37H26O3S2. The fraction of sp³-hybridized carbons (Fsp3) is 0.0541. The van der Waals surface area contributed by atoms with Crippen LogP contribution >= 0.6 is 22.7 Å². The minimum atomic E-state index is 0.0690. The molecule has 0 saturated heterocycles. The van der Waals surface area contributed by atoms with Crippen LogP contribution < -0.4 is 9.47 Å². The summed E-state index contributed by atoms with van der Waals surface area (Å²) < 4.78 is 10.8. The van der Waals surface area contributed by atoms with Crippen molar-refractivity contribution in [3.63, 3.8) is 0 Å². The van der Waals surface area contributed by atoms with Gasteiger partial charge in [-0.2, -0.15) is 0 Å². The van der Waals surface area contributed by atoms with Gasteiger partial charge in [-0.25, -0.2) is 0 Å². The van der Waals surface area contributed by atoms with Crippen molar-refractivity contribution >= 4 is 39.6 Å². The molecule has 0 bridgehead atoms. The van der Waals surface area contributed by atoms with Gasteiger partial charge in [0.25, 0.3) is 0 Å². The SMILES string of the molecule is COc1ccc(-c2ccc(C(=C3c4ccccc4C(=O)c4ccccc43)c3ccc(-c4ccc(OC)cc4)s3)s2)cc1. The lowest BCUT2D eigenvalue weighted by Crippen LogP contribution is -2.15. The van der Waals surface area contributed by atoms with Crippen molar-refractivity contribution in [2.24, 2.45) is 0 Å². The molecule has 0 spiro atoms. The average molecular weight is 583 g/mol. The quantitative estimate of drug-likeness (QED) is 0.196. The van der Waals surface area contributed by atoms with Gasteiger partial charge in [0.05, 0.1) is 14.2 Å². The summed E-state index contributed by atoms with van der Waals surface area (Å²) in [6.07, 6.45) is 0. The molecule has 2 aromatic heterocycles. The average Bonchev–Trinajstić information content (AvgIpc) is 3.74. The Morgan fingerprint density at radius 3 is 1.31 bits per heavy atom. The molecule has 0 atom stereocenters. The summed E-state index contributed by atoms with van der Waals surface area (Å²) in [5.74, 6) is 1.74. The Morgan fingerprint density at radius 1 is 0.500 bits per heavy atom. The van der Waals surface area contributed by atoms with E-state index in [0.717, 1.165) is 65.8 Å². The van der Waals surface area contributed by atoms with E-state index in [1.165, 1.54) is 9.75 Å². The number of fused-ring (bicyclic) bond motifs is 2. The molecule has 0 fully saturated rings. The maximum Gasteiger partial charge on any atom is 0.194 e. The summed E-state index contributed by atoms with van der Waals surface area (Å²) in [4.78, 5) is 18.2. The van der Waals surface area contributed by atoms with Gasteiger partial charge < -0.3 is 9.47 Å². The van der Waals surface area contributed by atoms with E-state index in [1.54, 1.807) is 36.9 Å². The van der Waals surface area contributed by atoms with E-state index in [4.69, 9.17) is 9.47 Å². The van der Waals surface area contributed by atoms with Gasteiger partial charge in [-0.1, -0.05) is 48.5 Å². The first kappa shape index (κ1) is 26.2. The van der Waals surface area contributed by atoms with Gasteiger partial charge in [-0.3, -0.25) is 4.79 Å². The van der Waals surface area contributed by atoms with Crippen molar-refractivity contribution in [1.29, 1.82) is 0 Å². The molecule has 1 aliphatic carbocycles. The molecule has 0 saturated carbocycles. The third-order valence-electron chi connectivity index (χ3n) is 7.59. The van der Waals surface area contributed by atoms with E-state index in [9.17, 15) is 4.79 Å². The monoisotopic (exact) mass is 582 g/mol. The van der Waals surface area contributed by atoms with Crippen LogP contribution in [0.4, 0.5) is 0 Å². The Morgan fingerprint density at radius 2 is 0.905 bits per heavy atom. The molecule has 4 aromatic carbocycles. The molecule has 0 unspecified atom stereocenters. The zero-order valence-corrected chi connectivity index (χ0v) is 24.7. The zero-order valence-electron chi connectivity index (χ0n) is 23.1. The topological polar surface area (TPSA) is 35.5 Å². The molecule has 6 aromatic rings. The summed E-state index contributed by atoms with van der Waals surface area (Å²) in [5.41, 5.74) is 7.92. The van der Waals surface area contributed by atoms with Gasteiger partial charge in [0, 0.05) is 41.8 Å². The van der Waals surface area contributed by atoms with E-state index in [1.807, 2.05) is 60.7 Å². The first-order valence-electron chi connectivity index (χ1n) is 13.6. The van der Waals surface area contributed by atoms with Crippen LogP contribution in [0.2, 0.25) is 0 Å². The minimum absolute atomic E-state index is 0.0690. The second-order valence-electron chi connectivity index (χ2n) is 9.96. The Labute approximate surface area is 253 Å². The van der Waals surface area contributed by atoms with Crippen LogP contribution in [0, 0.1) is 0 Å². The van der Waals surface area contributed by atoms with Crippen LogP contribution in [0.5, 0.6) is 11.5 Å². The number of benzene rings is 4. The van der Waals surface area contributed by atoms with E-state index in [2.05, 4.69) is 60.7 Å². The number of hydrogen-bond acceptors (Lipinski definition) is 5. The molecule has 0 amide bonds. The summed E-state index contributed by atoms with van der Waals surface area (Å²) in [6, 6.07) is 41.1. The first-order chi connectivity index (χ1) is 20.6. The lowest BCUT2D eigenvalue weighted by atomic mass is 9.79. The largest absolute Gasteiger partial charge is 0.497 e. The highest BCUT2D eigenvalue weighted by molar-refractivity contribution is 7.19. The molecule has 0 aliphatic heterocycles. The van der Waals surface area contributed by atoms with Crippen LogP contribution in [0.3, 0.4) is 0 Å². The van der Waals surface area contributed by atoms with Crippen LogP contribution in [-0.2, 0) is 0 Å². The second-order valence-corrected chi connectivity index (χ2v) is 12.1. The van der Waals surface area contributed by atoms with Crippen molar-refractivity contribution in [2.45, 2.75) is 0 Å². The molecule has 7 rings (SSSR count). The lowest BCUT2D eigenvalue weighted by molar-refractivity contribution is 0.103. The highest BCUT2D eigenvalue weighted by atomic mass is 32.1. The van der Waals surface area contributed by atoms with Gasteiger partial charge in [-0.05, 0) is 95.1 Å². The van der Waals surface area contributed by atoms with Crippen LogP contribution in [0.15, 0.2) is 121 Å².